The highest BCUT2D eigenvalue weighted by molar-refractivity contribution is 5.95. The van der Waals surface area contributed by atoms with Gasteiger partial charge in [-0.25, -0.2) is 4.39 Å². The SMILES string of the molecule is COc1cccc(NC(=O)Cc2c[nH]c3cc(F)ccc23)c1. The van der Waals surface area contributed by atoms with Gasteiger partial charge in [-0.2, -0.15) is 0 Å². The summed E-state index contributed by atoms with van der Waals surface area (Å²) in [7, 11) is 1.58. The highest BCUT2D eigenvalue weighted by Crippen LogP contribution is 2.21. The van der Waals surface area contributed by atoms with Gasteiger partial charge in [0.2, 0.25) is 5.91 Å². The third-order valence-corrected chi connectivity index (χ3v) is 3.43. The molecule has 0 spiro atoms. The molecule has 5 heteroatoms. The summed E-state index contributed by atoms with van der Waals surface area (Å²) in [5.74, 6) is 0.237. The number of rotatable bonds is 4. The number of fused-ring (bicyclic) bond motifs is 1. The van der Waals surface area contributed by atoms with Gasteiger partial charge >= 0.3 is 0 Å². The van der Waals surface area contributed by atoms with Crippen molar-refractivity contribution < 1.29 is 13.9 Å². The van der Waals surface area contributed by atoms with E-state index in [1.165, 1.54) is 12.1 Å². The lowest BCUT2D eigenvalue weighted by Gasteiger charge is -2.06. The summed E-state index contributed by atoms with van der Waals surface area (Å²) < 4.78 is 18.3. The molecule has 0 aliphatic carbocycles. The third-order valence-electron chi connectivity index (χ3n) is 3.43. The normalized spacial score (nSPS) is 10.6. The molecule has 112 valence electrons. The third kappa shape index (κ3) is 2.93. The summed E-state index contributed by atoms with van der Waals surface area (Å²) in [6.45, 7) is 0. The lowest BCUT2D eigenvalue weighted by Crippen LogP contribution is -2.14. The van der Waals surface area contributed by atoms with Crippen molar-refractivity contribution >= 4 is 22.5 Å². The molecular formula is C17H15FN2O2. The minimum absolute atomic E-state index is 0.140. The van der Waals surface area contributed by atoms with Crippen LogP contribution < -0.4 is 10.1 Å². The first kappa shape index (κ1) is 14.1. The second-order valence-corrected chi connectivity index (χ2v) is 4.96. The van der Waals surface area contributed by atoms with Crippen LogP contribution in [-0.2, 0) is 11.2 Å². The predicted molar refractivity (Wildman–Crippen MR) is 83.6 cm³/mol. The molecule has 22 heavy (non-hydrogen) atoms. The maximum Gasteiger partial charge on any atom is 0.228 e. The number of amides is 1. The van der Waals surface area contributed by atoms with Crippen LogP contribution in [0.25, 0.3) is 10.9 Å². The Labute approximate surface area is 126 Å². The smallest absolute Gasteiger partial charge is 0.228 e. The molecule has 0 saturated heterocycles. The van der Waals surface area contributed by atoms with E-state index in [-0.39, 0.29) is 18.1 Å². The van der Waals surface area contributed by atoms with E-state index in [2.05, 4.69) is 10.3 Å². The largest absolute Gasteiger partial charge is 0.497 e. The maximum atomic E-state index is 13.2. The fraction of sp³-hybridized carbons (Fsp3) is 0.118. The Morgan fingerprint density at radius 1 is 1.27 bits per heavy atom. The first-order valence-corrected chi connectivity index (χ1v) is 6.85. The number of carbonyl (C=O) groups excluding carboxylic acids is 1. The molecule has 3 rings (SSSR count). The van der Waals surface area contributed by atoms with Crippen LogP contribution in [0, 0.1) is 5.82 Å². The molecule has 1 aromatic heterocycles. The van der Waals surface area contributed by atoms with Gasteiger partial charge in [0.05, 0.1) is 13.5 Å². The molecule has 1 amide bonds. The van der Waals surface area contributed by atoms with Gasteiger partial charge in [-0.1, -0.05) is 6.07 Å². The molecule has 0 bridgehead atoms. The van der Waals surface area contributed by atoms with Gasteiger partial charge in [0.1, 0.15) is 11.6 Å². The molecule has 1 heterocycles. The second-order valence-electron chi connectivity index (χ2n) is 4.96. The standard InChI is InChI=1S/C17H15FN2O2/c1-22-14-4-2-3-13(9-14)20-17(21)7-11-10-19-16-8-12(18)5-6-15(11)16/h2-6,8-10,19H,7H2,1H3,(H,20,21). The summed E-state index contributed by atoms with van der Waals surface area (Å²) in [5, 5.41) is 3.67. The molecule has 0 radical (unpaired) electrons. The highest BCUT2D eigenvalue weighted by Gasteiger charge is 2.10. The van der Waals surface area contributed by atoms with Crippen LogP contribution in [0.1, 0.15) is 5.56 Å². The first-order valence-electron chi connectivity index (χ1n) is 6.85. The number of benzene rings is 2. The van der Waals surface area contributed by atoms with E-state index in [0.29, 0.717) is 17.0 Å². The highest BCUT2D eigenvalue weighted by atomic mass is 19.1. The van der Waals surface area contributed by atoms with Crippen LogP contribution in [0.5, 0.6) is 5.75 Å². The van der Waals surface area contributed by atoms with Crippen LogP contribution in [0.4, 0.5) is 10.1 Å². The molecule has 0 saturated carbocycles. The van der Waals surface area contributed by atoms with E-state index in [4.69, 9.17) is 4.74 Å². The van der Waals surface area contributed by atoms with Gasteiger partial charge in [0, 0.05) is 28.9 Å². The van der Waals surface area contributed by atoms with Crippen molar-refractivity contribution in [1.29, 1.82) is 0 Å². The van der Waals surface area contributed by atoms with Crippen LogP contribution in [0.15, 0.2) is 48.7 Å². The number of anilines is 1. The van der Waals surface area contributed by atoms with Crippen molar-refractivity contribution in [1.82, 2.24) is 4.98 Å². The number of ether oxygens (including phenoxy) is 1. The zero-order chi connectivity index (χ0) is 15.5. The van der Waals surface area contributed by atoms with E-state index in [0.717, 1.165) is 10.9 Å². The molecule has 3 aromatic rings. The molecule has 0 fully saturated rings. The van der Waals surface area contributed by atoms with Crippen LogP contribution in [0.2, 0.25) is 0 Å². The molecule has 2 aromatic carbocycles. The Kier molecular flexibility index (Phi) is 3.78. The predicted octanol–water partition coefficient (Wildman–Crippen LogP) is 3.50. The molecular weight excluding hydrogens is 283 g/mol. The summed E-state index contributed by atoms with van der Waals surface area (Å²) in [6, 6.07) is 11.6. The average Bonchev–Trinajstić information content (AvgIpc) is 2.89. The molecule has 2 N–H and O–H groups in total. The van der Waals surface area contributed by atoms with Crippen molar-refractivity contribution in [3.8, 4) is 5.75 Å². The van der Waals surface area contributed by atoms with Crippen LogP contribution in [0.3, 0.4) is 0 Å². The van der Waals surface area contributed by atoms with E-state index in [1.54, 1.807) is 31.5 Å². The van der Waals surface area contributed by atoms with Crippen LogP contribution >= 0.6 is 0 Å². The Morgan fingerprint density at radius 2 is 2.14 bits per heavy atom. The van der Waals surface area contributed by atoms with Crippen molar-refractivity contribution in [2.24, 2.45) is 0 Å². The zero-order valence-electron chi connectivity index (χ0n) is 12.0. The van der Waals surface area contributed by atoms with Gasteiger partial charge in [0.25, 0.3) is 0 Å². The number of H-pyrrole nitrogens is 1. The summed E-state index contributed by atoms with van der Waals surface area (Å²) in [5.41, 5.74) is 2.19. The first-order chi connectivity index (χ1) is 10.7. The Balaban J connectivity index is 1.75. The number of aromatic amines is 1. The van der Waals surface area contributed by atoms with Gasteiger partial charge in [-0.15, -0.1) is 0 Å². The van der Waals surface area contributed by atoms with Gasteiger partial charge in [-0.05, 0) is 35.9 Å². The number of halogens is 1. The zero-order valence-corrected chi connectivity index (χ0v) is 12.0. The Morgan fingerprint density at radius 3 is 2.95 bits per heavy atom. The van der Waals surface area contributed by atoms with Crippen molar-refractivity contribution in [3.63, 3.8) is 0 Å². The number of nitrogens with one attached hydrogen (secondary N) is 2. The van der Waals surface area contributed by atoms with Crippen LogP contribution in [-0.4, -0.2) is 18.0 Å². The second kappa shape index (κ2) is 5.89. The number of methoxy groups -OCH3 is 1. The van der Waals surface area contributed by atoms with E-state index >= 15 is 0 Å². The lowest BCUT2D eigenvalue weighted by molar-refractivity contribution is -0.115. The minimum atomic E-state index is -0.304. The van der Waals surface area contributed by atoms with E-state index in [1.807, 2.05) is 12.1 Å². The monoisotopic (exact) mass is 298 g/mol. The topological polar surface area (TPSA) is 54.1 Å². The average molecular weight is 298 g/mol. The summed E-state index contributed by atoms with van der Waals surface area (Å²) in [4.78, 5) is 15.1. The molecule has 0 atom stereocenters. The molecule has 0 aliphatic heterocycles. The van der Waals surface area contributed by atoms with Crippen molar-refractivity contribution in [2.45, 2.75) is 6.42 Å². The molecule has 4 nitrogen and oxygen atoms in total. The van der Waals surface area contributed by atoms with Crippen molar-refractivity contribution in [3.05, 3.63) is 60.0 Å². The number of aromatic nitrogens is 1. The Bertz CT molecular complexity index is 826. The lowest BCUT2D eigenvalue weighted by atomic mass is 10.1. The molecule has 0 unspecified atom stereocenters. The summed E-state index contributed by atoms with van der Waals surface area (Å²) >= 11 is 0. The fourth-order valence-corrected chi connectivity index (χ4v) is 2.38. The minimum Gasteiger partial charge on any atom is -0.497 e. The fourth-order valence-electron chi connectivity index (χ4n) is 2.38. The van der Waals surface area contributed by atoms with Gasteiger partial charge in [0.15, 0.2) is 0 Å². The van der Waals surface area contributed by atoms with Gasteiger partial charge in [-0.3, -0.25) is 4.79 Å². The maximum absolute atomic E-state index is 13.2. The summed E-state index contributed by atoms with van der Waals surface area (Å²) in [6.07, 6.45) is 1.94. The number of carbonyl (C=O) groups is 1. The molecule has 0 aliphatic rings. The van der Waals surface area contributed by atoms with E-state index < -0.39 is 0 Å². The van der Waals surface area contributed by atoms with E-state index in [9.17, 15) is 9.18 Å². The van der Waals surface area contributed by atoms with Gasteiger partial charge < -0.3 is 15.0 Å². The quantitative estimate of drug-likeness (QED) is 0.774. The number of hydrogen-bond donors (Lipinski definition) is 2. The van der Waals surface area contributed by atoms with Crippen molar-refractivity contribution in [2.75, 3.05) is 12.4 Å². The Hall–Kier alpha value is -2.82. The number of hydrogen-bond acceptors (Lipinski definition) is 2.